The Kier molecular flexibility index (Phi) is 10.1. The first kappa shape index (κ1) is 28.4. The quantitative estimate of drug-likeness (QED) is 0.187. The zero-order valence-electron chi connectivity index (χ0n) is 23.0. The summed E-state index contributed by atoms with van der Waals surface area (Å²) in [5.74, 6) is 1.55. The molecule has 0 aliphatic rings. The van der Waals surface area contributed by atoms with Crippen molar-refractivity contribution in [2.45, 2.75) is 31.7 Å². The highest BCUT2D eigenvalue weighted by Crippen LogP contribution is 2.41. The molecule has 4 rings (SSSR count). The van der Waals surface area contributed by atoms with Gasteiger partial charge in [0.05, 0.1) is 33.5 Å². The summed E-state index contributed by atoms with van der Waals surface area (Å²) in [6.45, 7) is 2.91. The molecular formula is C34H38O5. The maximum Gasteiger partial charge on any atom is 0.143 e. The van der Waals surface area contributed by atoms with E-state index in [1.807, 2.05) is 79.7 Å². The van der Waals surface area contributed by atoms with Crippen LogP contribution in [0.1, 0.15) is 35.6 Å². The average molecular weight is 527 g/mol. The van der Waals surface area contributed by atoms with Gasteiger partial charge in [0, 0.05) is 12.5 Å². The molecule has 0 fully saturated rings. The predicted molar refractivity (Wildman–Crippen MR) is 154 cm³/mol. The van der Waals surface area contributed by atoms with Crippen LogP contribution >= 0.6 is 0 Å². The summed E-state index contributed by atoms with van der Waals surface area (Å²) in [5.41, 5.74) is 3.29. The summed E-state index contributed by atoms with van der Waals surface area (Å²) in [5, 5.41) is 9.96. The van der Waals surface area contributed by atoms with Crippen LogP contribution in [0.4, 0.5) is 0 Å². The minimum Gasteiger partial charge on any atom is -0.497 e. The maximum absolute atomic E-state index is 9.96. The topological polar surface area (TPSA) is 57.2 Å². The molecule has 0 amide bonds. The van der Waals surface area contributed by atoms with Crippen molar-refractivity contribution in [1.82, 2.24) is 0 Å². The van der Waals surface area contributed by atoms with Crippen LogP contribution in [0.2, 0.25) is 0 Å². The normalized spacial score (nSPS) is 13.0. The molecule has 0 aliphatic heterocycles. The summed E-state index contributed by atoms with van der Waals surface area (Å²) in [4.78, 5) is 0. The monoisotopic (exact) mass is 526 g/mol. The number of hydrogen-bond acceptors (Lipinski definition) is 5. The Morgan fingerprint density at radius 1 is 0.667 bits per heavy atom. The van der Waals surface area contributed by atoms with E-state index in [0.29, 0.717) is 19.6 Å². The van der Waals surface area contributed by atoms with Crippen LogP contribution in [0.3, 0.4) is 0 Å². The Balaban J connectivity index is 1.61. The van der Waals surface area contributed by atoms with Crippen LogP contribution < -0.4 is 9.47 Å². The standard InChI is InChI=1S/C34H38O5/c1-26(24-35)33(38-25-27-14-18-31(36-2)19-15-27)22-23-39-34(28-10-6-4-7-11-28,29-12-8-5-9-13-29)30-16-20-32(37-3)21-17-30/h4-21,26,33,35H,22-25H2,1-3H3/t26-,33+/m0/s1. The van der Waals surface area contributed by atoms with E-state index in [4.69, 9.17) is 18.9 Å². The van der Waals surface area contributed by atoms with E-state index in [1.54, 1.807) is 14.2 Å². The Morgan fingerprint density at radius 2 is 1.15 bits per heavy atom. The second-order valence-corrected chi connectivity index (χ2v) is 9.64. The molecule has 4 aromatic rings. The van der Waals surface area contributed by atoms with Crippen molar-refractivity contribution in [3.05, 3.63) is 131 Å². The second-order valence-electron chi connectivity index (χ2n) is 9.64. The van der Waals surface area contributed by atoms with Gasteiger partial charge in [-0.15, -0.1) is 0 Å². The first-order chi connectivity index (χ1) is 19.1. The van der Waals surface area contributed by atoms with Crippen LogP contribution in [-0.4, -0.2) is 38.6 Å². The molecule has 2 atom stereocenters. The Bertz CT molecular complexity index is 1200. The fourth-order valence-electron chi connectivity index (χ4n) is 4.82. The molecule has 5 heteroatoms. The van der Waals surface area contributed by atoms with E-state index >= 15 is 0 Å². The van der Waals surface area contributed by atoms with Crippen molar-refractivity contribution in [2.24, 2.45) is 5.92 Å². The number of aliphatic hydroxyl groups is 1. The molecule has 4 aromatic carbocycles. The first-order valence-corrected chi connectivity index (χ1v) is 13.4. The molecule has 39 heavy (non-hydrogen) atoms. The molecule has 0 spiro atoms. The summed E-state index contributed by atoms with van der Waals surface area (Å²) in [6.07, 6.45) is 0.437. The van der Waals surface area contributed by atoms with Gasteiger partial charge in [-0.3, -0.25) is 0 Å². The van der Waals surface area contributed by atoms with Crippen LogP contribution in [0.15, 0.2) is 109 Å². The lowest BCUT2D eigenvalue weighted by molar-refractivity contribution is -0.0519. The highest BCUT2D eigenvalue weighted by atomic mass is 16.5. The highest BCUT2D eigenvalue weighted by Gasteiger charge is 2.38. The lowest BCUT2D eigenvalue weighted by Crippen LogP contribution is -2.35. The third-order valence-corrected chi connectivity index (χ3v) is 7.12. The van der Waals surface area contributed by atoms with Crippen molar-refractivity contribution in [3.8, 4) is 11.5 Å². The molecule has 0 saturated heterocycles. The van der Waals surface area contributed by atoms with E-state index in [-0.39, 0.29) is 18.6 Å². The minimum atomic E-state index is -0.836. The summed E-state index contributed by atoms with van der Waals surface area (Å²) in [7, 11) is 3.32. The van der Waals surface area contributed by atoms with Crippen LogP contribution in [0.5, 0.6) is 11.5 Å². The zero-order chi connectivity index (χ0) is 27.5. The molecule has 0 aliphatic carbocycles. The van der Waals surface area contributed by atoms with Gasteiger partial charge in [-0.05, 0) is 52.9 Å². The van der Waals surface area contributed by atoms with Gasteiger partial charge in [-0.25, -0.2) is 0 Å². The van der Waals surface area contributed by atoms with Crippen molar-refractivity contribution in [1.29, 1.82) is 0 Å². The lowest BCUT2D eigenvalue weighted by Gasteiger charge is -2.36. The van der Waals surface area contributed by atoms with E-state index in [2.05, 4.69) is 36.4 Å². The number of hydrogen-bond donors (Lipinski definition) is 1. The van der Waals surface area contributed by atoms with Crippen LogP contribution in [-0.2, 0) is 21.7 Å². The highest BCUT2D eigenvalue weighted by molar-refractivity contribution is 5.48. The van der Waals surface area contributed by atoms with E-state index in [0.717, 1.165) is 33.8 Å². The Labute approximate surface area is 232 Å². The summed E-state index contributed by atoms with van der Waals surface area (Å²) in [6, 6.07) is 36.5. The molecule has 0 radical (unpaired) electrons. The lowest BCUT2D eigenvalue weighted by atomic mass is 9.80. The summed E-state index contributed by atoms with van der Waals surface area (Å²) < 4.78 is 24.0. The average Bonchev–Trinajstić information content (AvgIpc) is 3.01. The molecular weight excluding hydrogens is 488 g/mol. The van der Waals surface area contributed by atoms with Gasteiger partial charge in [0.1, 0.15) is 17.1 Å². The second kappa shape index (κ2) is 13.9. The molecule has 204 valence electrons. The summed E-state index contributed by atoms with van der Waals surface area (Å²) >= 11 is 0. The number of benzene rings is 4. The largest absolute Gasteiger partial charge is 0.497 e. The molecule has 0 unspecified atom stereocenters. The van der Waals surface area contributed by atoms with Gasteiger partial charge in [-0.2, -0.15) is 0 Å². The Morgan fingerprint density at radius 3 is 1.64 bits per heavy atom. The fourth-order valence-corrected chi connectivity index (χ4v) is 4.82. The van der Waals surface area contributed by atoms with Gasteiger partial charge in [0.2, 0.25) is 0 Å². The Hall–Kier alpha value is -3.64. The van der Waals surface area contributed by atoms with Gasteiger partial charge >= 0.3 is 0 Å². The SMILES string of the molecule is COc1ccc(CO[C@H](CCOC(c2ccccc2)(c2ccccc2)c2ccc(OC)cc2)[C@@H](C)CO)cc1. The molecule has 0 saturated carbocycles. The molecule has 0 aromatic heterocycles. The van der Waals surface area contributed by atoms with Crippen molar-refractivity contribution in [2.75, 3.05) is 27.4 Å². The van der Waals surface area contributed by atoms with E-state index in [1.165, 1.54) is 0 Å². The smallest absolute Gasteiger partial charge is 0.143 e. The van der Waals surface area contributed by atoms with Gasteiger partial charge in [-0.1, -0.05) is 91.9 Å². The van der Waals surface area contributed by atoms with Gasteiger partial charge in [0.25, 0.3) is 0 Å². The van der Waals surface area contributed by atoms with Crippen LogP contribution in [0, 0.1) is 5.92 Å². The fraction of sp³-hybridized carbons (Fsp3) is 0.294. The predicted octanol–water partition coefficient (Wildman–Crippen LogP) is 6.62. The third-order valence-electron chi connectivity index (χ3n) is 7.12. The minimum absolute atomic E-state index is 0.0360. The number of aliphatic hydroxyl groups excluding tert-OH is 1. The first-order valence-electron chi connectivity index (χ1n) is 13.4. The van der Waals surface area contributed by atoms with Crippen molar-refractivity contribution >= 4 is 0 Å². The number of ether oxygens (including phenoxy) is 4. The molecule has 5 nitrogen and oxygen atoms in total. The zero-order valence-corrected chi connectivity index (χ0v) is 23.0. The molecule has 0 bridgehead atoms. The van der Waals surface area contributed by atoms with Gasteiger partial charge in [0.15, 0.2) is 0 Å². The van der Waals surface area contributed by atoms with Crippen LogP contribution in [0.25, 0.3) is 0 Å². The third kappa shape index (κ3) is 6.87. The van der Waals surface area contributed by atoms with E-state index < -0.39 is 5.60 Å². The maximum atomic E-state index is 9.96. The van der Waals surface area contributed by atoms with E-state index in [9.17, 15) is 5.11 Å². The van der Waals surface area contributed by atoms with Crippen molar-refractivity contribution in [3.63, 3.8) is 0 Å². The number of rotatable bonds is 14. The molecule has 1 N–H and O–H groups in total. The van der Waals surface area contributed by atoms with Crippen molar-refractivity contribution < 1.29 is 24.1 Å². The molecule has 0 heterocycles. The number of methoxy groups -OCH3 is 2. The van der Waals surface area contributed by atoms with Gasteiger partial charge < -0.3 is 24.1 Å².